The van der Waals surface area contributed by atoms with Gasteiger partial charge in [0.1, 0.15) is 0 Å². The summed E-state index contributed by atoms with van der Waals surface area (Å²) >= 11 is 3.48. The third-order valence-electron chi connectivity index (χ3n) is 4.70. The molecule has 4 aromatic rings. The van der Waals surface area contributed by atoms with Crippen LogP contribution in [0.1, 0.15) is 5.56 Å². The van der Waals surface area contributed by atoms with Crippen molar-refractivity contribution in [2.75, 3.05) is 24.4 Å². The summed E-state index contributed by atoms with van der Waals surface area (Å²) in [6.45, 7) is 0. The molecule has 0 saturated heterocycles. The van der Waals surface area contributed by atoms with Gasteiger partial charge in [-0.05, 0) is 29.8 Å². The minimum atomic E-state index is 0.632. The molecule has 0 unspecified atom stereocenters. The molecule has 1 heterocycles. The first-order chi connectivity index (χ1) is 15.1. The van der Waals surface area contributed by atoms with Gasteiger partial charge in [0.2, 0.25) is 0 Å². The topological polar surface area (TPSA) is 53.4 Å². The van der Waals surface area contributed by atoms with E-state index in [0.717, 1.165) is 32.5 Å². The molecule has 6 heteroatoms. The smallest absolute Gasteiger partial charge is 0.162 e. The van der Waals surface area contributed by atoms with Crippen molar-refractivity contribution in [3.8, 4) is 22.6 Å². The van der Waals surface area contributed by atoms with E-state index in [4.69, 9.17) is 4.98 Å². The average Bonchev–Trinajstić information content (AvgIpc) is 2.80. The van der Waals surface area contributed by atoms with Gasteiger partial charge in [-0.25, -0.2) is 9.97 Å². The first-order valence-corrected chi connectivity index (χ1v) is 10.6. The number of nitrogens with zero attached hydrogens (tertiary/aromatic N) is 4. The monoisotopic (exact) mass is 471 g/mol. The fourth-order valence-corrected chi connectivity index (χ4v) is 3.29. The molecular formula is C25H22BrN5. The van der Waals surface area contributed by atoms with Gasteiger partial charge in [0.05, 0.1) is 11.9 Å². The summed E-state index contributed by atoms with van der Waals surface area (Å²) in [4.78, 5) is 11.5. The van der Waals surface area contributed by atoms with E-state index in [0.29, 0.717) is 11.6 Å². The third-order valence-corrected chi connectivity index (χ3v) is 5.23. The van der Waals surface area contributed by atoms with Crippen LogP contribution in [-0.2, 0) is 0 Å². The predicted octanol–water partition coefficient (Wildman–Crippen LogP) is 6.09. The molecule has 1 aromatic heterocycles. The third kappa shape index (κ3) is 5.35. The van der Waals surface area contributed by atoms with Gasteiger partial charge >= 0.3 is 0 Å². The zero-order valence-corrected chi connectivity index (χ0v) is 18.9. The second-order valence-corrected chi connectivity index (χ2v) is 8.11. The quantitative estimate of drug-likeness (QED) is 0.273. The van der Waals surface area contributed by atoms with Crippen molar-refractivity contribution >= 4 is 33.6 Å². The Morgan fingerprint density at radius 2 is 1.55 bits per heavy atom. The molecule has 0 atom stereocenters. The maximum atomic E-state index is 4.77. The summed E-state index contributed by atoms with van der Waals surface area (Å²) in [6, 6.07) is 28.1. The Labute approximate surface area is 190 Å². The zero-order chi connectivity index (χ0) is 21.6. The summed E-state index contributed by atoms with van der Waals surface area (Å²) in [7, 11) is 4.04. The van der Waals surface area contributed by atoms with Crippen LogP contribution in [0.15, 0.2) is 94.5 Å². The normalized spacial score (nSPS) is 10.9. The highest BCUT2D eigenvalue weighted by Crippen LogP contribution is 2.25. The molecule has 154 valence electrons. The van der Waals surface area contributed by atoms with Gasteiger partial charge in [0.25, 0.3) is 0 Å². The van der Waals surface area contributed by atoms with E-state index in [9.17, 15) is 0 Å². The molecule has 0 aliphatic carbocycles. The lowest BCUT2D eigenvalue weighted by molar-refractivity contribution is 1.13. The van der Waals surface area contributed by atoms with Crippen LogP contribution in [0.2, 0.25) is 0 Å². The van der Waals surface area contributed by atoms with Crippen LogP contribution in [0, 0.1) is 0 Å². The van der Waals surface area contributed by atoms with E-state index in [2.05, 4.69) is 48.5 Å². The van der Waals surface area contributed by atoms with Crippen molar-refractivity contribution in [1.82, 2.24) is 9.97 Å². The Balaban J connectivity index is 1.63. The molecule has 5 nitrogen and oxygen atoms in total. The van der Waals surface area contributed by atoms with Crippen LogP contribution in [0.25, 0.3) is 22.6 Å². The highest BCUT2D eigenvalue weighted by molar-refractivity contribution is 9.10. The number of halogens is 1. The van der Waals surface area contributed by atoms with Gasteiger partial charge in [-0.3, -0.25) is 5.43 Å². The van der Waals surface area contributed by atoms with Gasteiger partial charge in [0.15, 0.2) is 11.6 Å². The number of rotatable bonds is 6. The molecule has 0 radical (unpaired) electrons. The van der Waals surface area contributed by atoms with Crippen molar-refractivity contribution in [2.24, 2.45) is 5.10 Å². The predicted molar refractivity (Wildman–Crippen MR) is 133 cm³/mol. The van der Waals surface area contributed by atoms with E-state index in [1.54, 1.807) is 6.21 Å². The highest BCUT2D eigenvalue weighted by Gasteiger charge is 2.08. The number of benzene rings is 3. The standard InChI is InChI=1S/C25H22BrN5/c1-31(2)22-14-8-18(9-15-22)17-27-30-24-16-23(19-6-4-3-5-7-19)28-25(29-24)20-10-12-21(26)13-11-20/h3-17H,1-2H3,(H,28,29,30)/b27-17+. The molecule has 0 saturated carbocycles. The summed E-state index contributed by atoms with van der Waals surface area (Å²) in [5, 5.41) is 4.38. The number of hydrazone groups is 1. The minimum absolute atomic E-state index is 0.632. The molecule has 0 aliphatic rings. The second kappa shape index (κ2) is 9.53. The van der Waals surface area contributed by atoms with Crippen molar-refractivity contribution in [2.45, 2.75) is 0 Å². The maximum Gasteiger partial charge on any atom is 0.162 e. The highest BCUT2D eigenvalue weighted by atomic mass is 79.9. The molecule has 31 heavy (non-hydrogen) atoms. The van der Waals surface area contributed by atoms with E-state index < -0.39 is 0 Å². The Morgan fingerprint density at radius 1 is 0.839 bits per heavy atom. The molecular weight excluding hydrogens is 450 g/mol. The number of anilines is 2. The SMILES string of the molecule is CN(C)c1ccc(/C=N/Nc2cc(-c3ccccc3)nc(-c3ccc(Br)cc3)n2)cc1. The minimum Gasteiger partial charge on any atom is -0.378 e. The Bertz CT molecular complexity index is 1170. The van der Waals surface area contributed by atoms with Crippen molar-refractivity contribution in [3.63, 3.8) is 0 Å². The van der Waals surface area contributed by atoms with E-state index in [-0.39, 0.29) is 0 Å². The van der Waals surface area contributed by atoms with Crippen LogP contribution >= 0.6 is 15.9 Å². The van der Waals surface area contributed by atoms with Gasteiger partial charge in [-0.15, -0.1) is 0 Å². The van der Waals surface area contributed by atoms with Gasteiger partial charge in [-0.2, -0.15) is 5.10 Å². The summed E-state index contributed by atoms with van der Waals surface area (Å²) in [6.07, 6.45) is 1.78. The van der Waals surface area contributed by atoms with Crippen LogP contribution in [0.5, 0.6) is 0 Å². The second-order valence-electron chi connectivity index (χ2n) is 7.19. The zero-order valence-electron chi connectivity index (χ0n) is 17.3. The molecule has 3 aromatic carbocycles. The van der Waals surface area contributed by atoms with Crippen molar-refractivity contribution < 1.29 is 0 Å². The fourth-order valence-electron chi connectivity index (χ4n) is 3.02. The summed E-state index contributed by atoms with van der Waals surface area (Å²) in [5.74, 6) is 1.27. The average molecular weight is 472 g/mol. The van der Waals surface area contributed by atoms with Crippen LogP contribution < -0.4 is 10.3 Å². The lowest BCUT2D eigenvalue weighted by Gasteiger charge is -2.11. The number of aromatic nitrogens is 2. The van der Waals surface area contributed by atoms with E-state index >= 15 is 0 Å². The molecule has 0 amide bonds. The van der Waals surface area contributed by atoms with Gasteiger partial charge in [0, 0.05) is 41.4 Å². The number of hydrogen-bond acceptors (Lipinski definition) is 5. The number of nitrogens with one attached hydrogen (secondary N) is 1. The van der Waals surface area contributed by atoms with Crippen molar-refractivity contribution in [1.29, 1.82) is 0 Å². The van der Waals surface area contributed by atoms with Crippen LogP contribution in [0.4, 0.5) is 11.5 Å². The van der Waals surface area contributed by atoms with Crippen LogP contribution in [-0.4, -0.2) is 30.3 Å². The maximum absolute atomic E-state index is 4.77. The number of hydrogen-bond donors (Lipinski definition) is 1. The molecule has 0 fully saturated rings. The van der Waals surface area contributed by atoms with Crippen molar-refractivity contribution in [3.05, 3.63) is 95.0 Å². The Kier molecular flexibility index (Phi) is 6.38. The Morgan fingerprint density at radius 3 is 2.23 bits per heavy atom. The molecule has 0 bridgehead atoms. The van der Waals surface area contributed by atoms with E-state index in [1.165, 1.54) is 0 Å². The van der Waals surface area contributed by atoms with Gasteiger partial charge in [-0.1, -0.05) is 70.5 Å². The Hall–Kier alpha value is -3.51. The first-order valence-electron chi connectivity index (χ1n) is 9.85. The lowest BCUT2D eigenvalue weighted by atomic mass is 10.1. The molecule has 0 aliphatic heterocycles. The van der Waals surface area contributed by atoms with Gasteiger partial charge < -0.3 is 4.90 Å². The molecule has 4 rings (SSSR count). The largest absolute Gasteiger partial charge is 0.378 e. The lowest BCUT2D eigenvalue weighted by Crippen LogP contribution is -2.08. The fraction of sp³-hybridized carbons (Fsp3) is 0.0800. The molecule has 1 N–H and O–H groups in total. The summed E-state index contributed by atoms with van der Waals surface area (Å²) in [5.41, 5.74) is 8.00. The van der Waals surface area contributed by atoms with Crippen LogP contribution in [0.3, 0.4) is 0 Å². The molecule has 0 spiro atoms. The van der Waals surface area contributed by atoms with E-state index in [1.807, 2.05) is 86.9 Å². The first kappa shape index (κ1) is 20.8. The summed E-state index contributed by atoms with van der Waals surface area (Å²) < 4.78 is 1.01.